The SMILES string of the molecule is COc1cc(/C=N/NC(=O)c2cc(-c3cc(C)ccc3C)nc3ccccc23)cc(OC)c1OC. The third kappa shape index (κ3) is 4.94. The van der Waals surface area contributed by atoms with Crippen molar-refractivity contribution in [3.8, 4) is 28.5 Å². The van der Waals surface area contributed by atoms with Crippen LogP contribution in [0, 0.1) is 13.8 Å². The van der Waals surface area contributed by atoms with Crippen molar-refractivity contribution in [1.29, 1.82) is 0 Å². The molecule has 7 nitrogen and oxygen atoms in total. The predicted octanol–water partition coefficient (Wildman–Crippen LogP) is 5.31. The zero-order valence-corrected chi connectivity index (χ0v) is 20.4. The van der Waals surface area contributed by atoms with E-state index in [4.69, 9.17) is 19.2 Å². The van der Waals surface area contributed by atoms with Crippen molar-refractivity contribution in [3.05, 3.63) is 82.9 Å². The quantitative estimate of drug-likeness (QED) is 0.293. The number of benzene rings is 3. The molecule has 4 rings (SSSR count). The van der Waals surface area contributed by atoms with Crippen LogP contribution in [0.3, 0.4) is 0 Å². The van der Waals surface area contributed by atoms with Crippen molar-refractivity contribution < 1.29 is 19.0 Å². The van der Waals surface area contributed by atoms with Gasteiger partial charge < -0.3 is 14.2 Å². The van der Waals surface area contributed by atoms with E-state index in [1.54, 1.807) is 33.5 Å². The Bertz CT molecular complexity index is 1400. The van der Waals surface area contributed by atoms with Crippen molar-refractivity contribution in [1.82, 2.24) is 10.4 Å². The minimum atomic E-state index is -0.334. The molecule has 4 aromatic rings. The molecule has 0 saturated carbocycles. The van der Waals surface area contributed by atoms with Crippen molar-refractivity contribution in [2.45, 2.75) is 13.8 Å². The normalized spacial score (nSPS) is 11.0. The maximum Gasteiger partial charge on any atom is 0.272 e. The Kier molecular flexibility index (Phi) is 6.96. The van der Waals surface area contributed by atoms with Crippen LogP contribution in [0.5, 0.6) is 17.2 Å². The topological polar surface area (TPSA) is 82.0 Å². The minimum Gasteiger partial charge on any atom is -0.493 e. The van der Waals surface area contributed by atoms with Gasteiger partial charge in [-0.25, -0.2) is 10.4 Å². The Hall–Kier alpha value is -4.39. The number of hydrazone groups is 1. The number of aromatic nitrogens is 1. The molecule has 0 aliphatic heterocycles. The average molecular weight is 470 g/mol. The highest BCUT2D eigenvalue weighted by Gasteiger charge is 2.15. The van der Waals surface area contributed by atoms with E-state index >= 15 is 0 Å². The van der Waals surface area contributed by atoms with E-state index in [9.17, 15) is 4.79 Å². The molecule has 1 amide bonds. The fourth-order valence-corrected chi connectivity index (χ4v) is 3.91. The van der Waals surface area contributed by atoms with Crippen LogP contribution >= 0.6 is 0 Å². The summed E-state index contributed by atoms with van der Waals surface area (Å²) in [6.07, 6.45) is 1.53. The Morgan fingerprint density at radius 3 is 2.31 bits per heavy atom. The first-order valence-electron chi connectivity index (χ1n) is 11.1. The van der Waals surface area contributed by atoms with Crippen LogP contribution in [0.25, 0.3) is 22.2 Å². The maximum atomic E-state index is 13.2. The maximum absolute atomic E-state index is 13.2. The first-order chi connectivity index (χ1) is 16.9. The van der Waals surface area contributed by atoms with Crippen molar-refractivity contribution in [2.24, 2.45) is 5.10 Å². The Morgan fingerprint density at radius 1 is 0.914 bits per heavy atom. The monoisotopic (exact) mass is 469 g/mol. The van der Waals surface area contributed by atoms with Gasteiger partial charge in [-0.05, 0) is 49.7 Å². The predicted molar refractivity (Wildman–Crippen MR) is 138 cm³/mol. The lowest BCUT2D eigenvalue weighted by Crippen LogP contribution is -2.18. The van der Waals surface area contributed by atoms with Crippen molar-refractivity contribution >= 4 is 23.0 Å². The third-order valence-electron chi connectivity index (χ3n) is 5.70. The molecule has 0 bridgehead atoms. The van der Waals surface area contributed by atoms with Crippen LogP contribution < -0.4 is 19.6 Å². The second-order valence-electron chi connectivity index (χ2n) is 8.05. The standard InChI is InChI=1S/C28H27N3O4/c1-17-10-11-18(2)21(12-17)24-15-22(20-8-6-7-9-23(20)30-24)28(32)31-29-16-19-13-25(33-3)27(35-5)26(14-19)34-4/h6-16H,1-5H3,(H,31,32)/b29-16+. The van der Waals surface area contributed by atoms with Gasteiger partial charge in [0.05, 0.1) is 44.3 Å². The highest BCUT2D eigenvalue weighted by atomic mass is 16.5. The highest BCUT2D eigenvalue weighted by Crippen LogP contribution is 2.37. The zero-order chi connectivity index (χ0) is 24.9. The molecule has 3 aromatic carbocycles. The van der Waals surface area contributed by atoms with Gasteiger partial charge in [0.25, 0.3) is 5.91 Å². The van der Waals surface area contributed by atoms with Gasteiger partial charge in [0.2, 0.25) is 5.75 Å². The molecule has 1 aromatic heterocycles. The van der Waals surface area contributed by atoms with Gasteiger partial charge in [0.1, 0.15) is 0 Å². The first-order valence-corrected chi connectivity index (χ1v) is 11.1. The van der Waals surface area contributed by atoms with Gasteiger partial charge in [0, 0.05) is 16.5 Å². The van der Waals surface area contributed by atoms with Crippen molar-refractivity contribution in [3.63, 3.8) is 0 Å². The number of amides is 1. The molecule has 0 atom stereocenters. The molecular formula is C28H27N3O4. The molecule has 0 saturated heterocycles. The number of hydrogen-bond donors (Lipinski definition) is 1. The summed E-state index contributed by atoms with van der Waals surface area (Å²) in [4.78, 5) is 18.0. The van der Waals surface area contributed by atoms with Crippen LogP contribution in [-0.4, -0.2) is 38.4 Å². The largest absolute Gasteiger partial charge is 0.493 e. The number of nitrogens with one attached hydrogen (secondary N) is 1. The van der Waals surface area contributed by atoms with Crippen LogP contribution in [-0.2, 0) is 0 Å². The molecule has 0 radical (unpaired) electrons. The molecule has 7 heteroatoms. The molecule has 35 heavy (non-hydrogen) atoms. The molecule has 1 heterocycles. The molecule has 1 N–H and O–H groups in total. The Labute approximate surface area is 204 Å². The lowest BCUT2D eigenvalue weighted by Gasteiger charge is -2.13. The van der Waals surface area contributed by atoms with Crippen LogP contribution in [0.15, 0.2) is 65.8 Å². The number of hydrogen-bond acceptors (Lipinski definition) is 6. The molecule has 0 unspecified atom stereocenters. The first kappa shape index (κ1) is 23.8. The van der Waals surface area contributed by atoms with Gasteiger partial charge in [-0.15, -0.1) is 0 Å². The van der Waals surface area contributed by atoms with Crippen LogP contribution in [0.1, 0.15) is 27.0 Å². The molecule has 0 aliphatic rings. The summed E-state index contributed by atoms with van der Waals surface area (Å²) in [5, 5.41) is 4.92. The summed E-state index contributed by atoms with van der Waals surface area (Å²) < 4.78 is 16.1. The van der Waals surface area contributed by atoms with Crippen molar-refractivity contribution in [2.75, 3.05) is 21.3 Å². The Balaban J connectivity index is 1.68. The molecule has 0 aliphatic carbocycles. The Morgan fingerprint density at radius 2 is 1.63 bits per heavy atom. The molecule has 0 spiro atoms. The van der Waals surface area contributed by atoms with E-state index in [1.165, 1.54) is 6.21 Å². The van der Waals surface area contributed by atoms with Gasteiger partial charge in [-0.1, -0.05) is 35.9 Å². The highest BCUT2D eigenvalue weighted by molar-refractivity contribution is 6.07. The second kappa shape index (κ2) is 10.3. The van der Waals surface area contributed by atoms with Gasteiger partial charge in [0.15, 0.2) is 11.5 Å². The van der Waals surface area contributed by atoms with Crippen LogP contribution in [0.4, 0.5) is 0 Å². The number of pyridine rings is 1. The third-order valence-corrected chi connectivity index (χ3v) is 5.70. The fourth-order valence-electron chi connectivity index (χ4n) is 3.91. The van der Waals surface area contributed by atoms with Gasteiger partial charge in [-0.3, -0.25) is 4.79 Å². The number of fused-ring (bicyclic) bond motifs is 1. The number of aryl methyl sites for hydroxylation is 2. The van der Waals surface area contributed by atoms with E-state index in [2.05, 4.69) is 28.7 Å². The van der Waals surface area contributed by atoms with E-state index in [0.717, 1.165) is 33.3 Å². The average Bonchev–Trinajstić information content (AvgIpc) is 2.88. The lowest BCUT2D eigenvalue weighted by molar-refractivity contribution is 0.0956. The van der Waals surface area contributed by atoms with Gasteiger partial charge >= 0.3 is 0 Å². The number of methoxy groups -OCH3 is 3. The summed E-state index contributed by atoms with van der Waals surface area (Å²) in [6, 6.07) is 19.1. The number of rotatable bonds is 7. The summed E-state index contributed by atoms with van der Waals surface area (Å²) in [5.74, 6) is 1.15. The number of carbonyl (C=O) groups is 1. The minimum absolute atomic E-state index is 0.334. The van der Waals surface area contributed by atoms with E-state index in [1.807, 2.05) is 44.2 Å². The van der Waals surface area contributed by atoms with E-state index in [0.29, 0.717) is 28.4 Å². The number of carbonyl (C=O) groups excluding carboxylic acids is 1. The number of para-hydroxylation sites is 1. The summed E-state index contributed by atoms with van der Waals surface area (Å²) in [6.45, 7) is 4.07. The lowest BCUT2D eigenvalue weighted by atomic mass is 9.99. The van der Waals surface area contributed by atoms with Crippen LogP contribution in [0.2, 0.25) is 0 Å². The summed E-state index contributed by atoms with van der Waals surface area (Å²) in [5.41, 5.74) is 8.49. The molecule has 178 valence electrons. The van der Waals surface area contributed by atoms with Gasteiger partial charge in [-0.2, -0.15) is 5.10 Å². The number of ether oxygens (including phenoxy) is 3. The molecular weight excluding hydrogens is 442 g/mol. The van der Waals surface area contributed by atoms with E-state index < -0.39 is 0 Å². The second-order valence-corrected chi connectivity index (χ2v) is 8.05. The molecule has 0 fully saturated rings. The summed E-state index contributed by atoms with van der Waals surface area (Å²) in [7, 11) is 4.63. The van der Waals surface area contributed by atoms with E-state index in [-0.39, 0.29) is 5.91 Å². The zero-order valence-electron chi connectivity index (χ0n) is 20.4. The number of nitrogens with zero attached hydrogens (tertiary/aromatic N) is 2. The summed E-state index contributed by atoms with van der Waals surface area (Å²) >= 11 is 0. The fraction of sp³-hybridized carbons (Fsp3) is 0.179. The smallest absolute Gasteiger partial charge is 0.272 e.